The van der Waals surface area contributed by atoms with Crippen molar-refractivity contribution >= 4 is 15.9 Å². The Morgan fingerprint density at radius 2 is 2.00 bits per heavy atom. The molecule has 0 aromatic heterocycles. The Bertz CT molecular complexity index is 751. The van der Waals surface area contributed by atoms with Crippen LogP contribution in [0.2, 0.25) is 0 Å². The van der Waals surface area contributed by atoms with E-state index in [-0.39, 0.29) is 17.5 Å². The van der Waals surface area contributed by atoms with Crippen LogP contribution in [-0.2, 0) is 19.6 Å². The topological polar surface area (TPSA) is 102 Å². The van der Waals surface area contributed by atoms with Crippen LogP contribution in [0.25, 0.3) is 0 Å². The number of amides is 1. The number of primary amides is 1. The maximum atomic E-state index is 13.0. The maximum Gasteiger partial charge on any atom is 0.255 e. The Kier molecular flexibility index (Phi) is 6.36. The van der Waals surface area contributed by atoms with Crippen molar-refractivity contribution in [1.82, 2.24) is 9.21 Å². The van der Waals surface area contributed by atoms with E-state index in [1.165, 1.54) is 28.6 Å². The van der Waals surface area contributed by atoms with E-state index >= 15 is 0 Å². The number of hydrogen-bond donors (Lipinski definition) is 1. The number of carbonyl (C=O) groups excluding carboxylic acids is 1. The first-order valence-corrected chi connectivity index (χ1v) is 10.7. The molecule has 27 heavy (non-hydrogen) atoms. The van der Waals surface area contributed by atoms with Crippen molar-refractivity contribution in [2.24, 2.45) is 5.73 Å². The molecule has 0 spiro atoms. The van der Waals surface area contributed by atoms with Gasteiger partial charge in [-0.1, -0.05) is 13.3 Å². The Balaban J connectivity index is 1.68. The van der Waals surface area contributed by atoms with Crippen LogP contribution in [0.15, 0.2) is 29.2 Å². The molecule has 9 heteroatoms. The van der Waals surface area contributed by atoms with E-state index in [4.69, 9.17) is 15.2 Å². The number of piperazine rings is 1. The lowest BCUT2D eigenvalue weighted by Gasteiger charge is -2.47. The van der Waals surface area contributed by atoms with Crippen molar-refractivity contribution in [3.63, 3.8) is 0 Å². The largest absolute Gasteiger partial charge is 0.484 e. The molecule has 2 fully saturated rings. The van der Waals surface area contributed by atoms with Gasteiger partial charge in [-0.15, -0.1) is 0 Å². The number of nitrogens with zero attached hydrogens (tertiary/aromatic N) is 2. The average Bonchev–Trinajstić information content (AvgIpc) is 2.66. The summed E-state index contributed by atoms with van der Waals surface area (Å²) in [7, 11) is -3.59. The molecule has 0 aliphatic carbocycles. The van der Waals surface area contributed by atoms with Crippen LogP contribution < -0.4 is 10.5 Å². The summed E-state index contributed by atoms with van der Waals surface area (Å²) < 4.78 is 38.4. The zero-order valence-corrected chi connectivity index (χ0v) is 16.4. The van der Waals surface area contributed by atoms with Gasteiger partial charge in [0.05, 0.1) is 18.1 Å². The number of morpholine rings is 1. The van der Waals surface area contributed by atoms with Crippen LogP contribution in [0.5, 0.6) is 5.75 Å². The predicted molar refractivity (Wildman–Crippen MR) is 99.9 cm³/mol. The van der Waals surface area contributed by atoms with Crippen molar-refractivity contribution in [2.45, 2.75) is 36.7 Å². The van der Waals surface area contributed by atoms with Crippen molar-refractivity contribution < 1.29 is 22.7 Å². The fraction of sp³-hybridized carbons (Fsp3) is 0.611. The molecule has 3 rings (SSSR count). The van der Waals surface area contributed by atoms with Crippen LogP contribution in [-0.4, -0.2) is 75.1 Å². The molecule has 2 atom stereocenters. The van der Waals surface area contributed by atoms with Crippen LogP contribution in [0.1, 0.15) is 19.8 Å². The summed E-state index contributed by atoms with van der Waals surface area (Å²) in [4.78, 5) is 13.4. The van der Waals surface area contributed by atoms with Gasteiger partial charge in [0.2, 0.25) is 10.0 Å². The summed E-state index contributed by atoms with van der Waals surface area (Å²) in [6, 6.07) is 6.53. The highest BCUT2D eigenvalue weighted by molar-refractivity contribution is 7.89. The van der Waals surface area contributed by atoms with Crippen LogP contribution >= 0.6 is 0 Å². The summed E-state index contributed by atoms with van der Waals surface area (Å²) >= 11 is 0. The minimum absolute atomic E-state index is 0.0944. The number of fused-ring (bicyclic) bond motifs is 1. The lowest BCUT2D eigenvalue weighted by Crippen LogP contribution is -2.62. The molecule has 8 nitrogen and oxygen atoms in total. The highest BCUT2D eigenvalue weighted by Crippen LogP contribution is 2.26. The van der Waals surface area contributed by atoms with E-state index in [0.29, 0.717) is 31.5 Å². The third-order valence-corrected chi connectivity index (χ3v) is 6.92. The number of carbonyl (C=O) groups is 1. The molecule has 2 saturated heterocycles. The first-order chi connectivity index (χ1) is 12.9. The average molecular weight is 397 g/mol. The molecular formula is C18H27N3O5S. The minimum Gasteiger partial charge on any atom is -0.484 e. The zero-order valence-electron chi connectivity index (χ0n) is 15.5. The van der Waals surface area contributed by atoms with E-state index in [2.05, 4.69) is 11.8 Å². The third-order valence-electron chi connectivity index (χ3n) is 5.04. The SMILES string of the molecule is CCC[C@H]1COC[C@H]2CN(S(=O)(=O)c3ccc(OCC(N)=O)cc3)CCN12. The summed E-state index contributed by atoms with van der Waals surface area (Å²) in [5, 5.41) is 0. The summed E-state index contributed by atoms with van der Waals surface area (Å²) in [5.74, 6) is -0.179. The molecule has 0 bridgehead atoms. The molecule has 2 aliphatic rings. The van der Waals surface area contributed by atoms with E-state index in [1.54, 1.807) is 0 Å². The Hall–Kier alpha value is -1.68. The highest BCUT2D eigenvalue weighted by Gasteiger charge is 2.39. The molecule has 1 aromatic rings. The monoisotopic (exact) mass is 397 g/mol. The van der Waals surface area contributed by atoms with Gasteiger partial charge in [-0.05, 0) is 30.7 Å². The smallest absolute Gasteiger partial charge is 0.255 e. The Morgan fingerprint density at radius 1 is 1.26 bits per heavy atom. The van der Waals surface area contributed by atoms with Gasteiger partial charge < -0.3 is 15.2 Å². The quantitative estimate of drug-likeness (QED) is 0.716. The standard InChI is InChI=1S/C18H27N3O5S/c1-2-3-14-11-25-12-15-10-20(8-9-21(14)15)27(23,24)17-6-4-16(5-7-17)26-13-18(19)22/h4-7,14-15H,2-3,8-13H2,1H3,(H2,19,22)/t14-,15+/m0/s1. The second kappa shape index (κ2) is 8.55. The molecule has 0 saturated carbocycles. The van der Waals surface area contributed by atoms with Gasteiger partial charge >= 0.3 is 0 Å². The van der Waals surface area contributed by atoms with Gasteiger partial charge in [0, 0.05) is 31.7 Å². The van der Waals surface area contributed by atoms with Gasteiger partial charge in [0.15, 0.2) is 6.61 Å². The van der Waals surface area contributed by atoms with Crippen LogP contribution in [0.3, 0.4) is 0 Å². The molecule has 0 radical (unpaired) electrons. The number of rotatable bonds is 7. The second-order valence-corrected chi connectivity index (χ2v) is 8.90. The van der Waals surface area contributed by atoms with Crippen molar-refractivity contribution in [3.8, 4) is 5.75 Å². The van der Waals surface area contributed by atoms with Gasteiger partial charge in [-0.25, -0.2) is 8.42 Å². The van der Waals surface area contributed by atoms with Crippen molar-refractivity contribution in [3.05, 3.63) is 24.3 Å². The maximum absolute atomic E-state index is 13.0. The van der Waals surface area contributed by atoms with Crippen molar-refractivity contribution in [2.75, 3.05) is 39.5 Å². The first-order valence-electron chi connectivity index (χ1n) is 9.26. The molecule has 2 heterocycles. The normalized spacial score (nSPS) is 24.3. The lowest BCUT2D eigenvalue weighted by atomic mass is 10.0. The van der Waals surface area contributed by atoms with Gasteiger partial charge in [-0.3, -0.25) is 9.69 Å². The first kappa shape index (κ1) is 20.1. The molecular weight excluding hydrogens is 370 g/mol. The van der Waals surface area contributed by atoms with E-state index < -0.39 is 15.9 Å². The van der Waals surface area contributed by atoms with Gasteiger partial charge in [0.25, 0.3) is 5.91 Å². The highest BCUT2D eigenvalue weighted by atomic mass is 32.2. The third kappa shape index (κ3) is 4.60. The molecule has 0 unspecified atom stereocenters. The van der Waals surface area contributed by atoms with Gasteiger partial charge in [0.1, 0.15) is 5.75 Å². The zero-order chi connectivity index (χ0) is 19.4. The number of hydrogen-bond acceptors (Lipinski definition) is 6. The minimum atomic E-state index is -3.59. The number of sulfonamides is 1. The number of ether oxygens (including phenoxy) is 2. The fourth-order valence-corrected chi connectivity index (χ4v) is 5.19. The number of benzene rings is 1. The molecule has 2 aliphatic heterocycles. The summed E-state index contributed by atoms with van der Waals surface area (Å²) in [6.45, 7) is 4.82. The summed E-state index contributed by atoms with van der Waals surface area (Å²) in [5.41, 5.74) is 5.04. The molecule has 2 N–H and O–H groups in total. The van der Waals surface area contributed by atoms with Crippen LogP contribution in [0.4, 0.5) is 0 Å². The van der Waals surface area contributed by atoms with Crippen LogP contribution in [0, 0.1) is 0 Å². The lowest BCUT2D eigenvalue weighted by molar-refractivity contribution is -0.119. The molecule has 150 valence electrons. The van der Waals surface area contributed by atoms with E-state index in [9.17, 15) is 13.2 Å². The van der Waals surface area contributed by atoms with E-state index in [1.807, 2.05) is 0 Å². The van der Waals surface area contributed by atoms with Gasteiger partial charge in [-0.2, -0.15) is 4.31 Å². The second-order valence-electron chi connectivity index (χ2n) is 6.96. The molecule has 1 amide bonds. The predicted octanol–water partition coefficient (Wildman–Crippen LogP) is 0.425. The fourth-order valence-electron chi connectivity index (χ4n) is 3.72. The Morgan fingerprint density at radius 3 is 2.67 bits per heavy atom. The van der Waals surface area contributed by atoms with Crippen molar-refractivity contribution in [1.29, 1.82) is 0 Å². The summed E-state index contributed by atoms with van der Waals surface area (Å²) in [6.07, 6.45) is 2.15. The van der Waals surface area contributed by atoms with E-state index in [0.717, 1.165) is 26.0 Å². The number of nitrogens with two attached hydrogens (primary N) is 1. The Labute approximate surface area is 160 Å². The molecule has 1 aromatic carbocycles.